The van der Waals surface area contributed by atoms with Crippen LogP contribution in [0.4, 0.5) is 5.69 Å². The number of rotatable bonds is 11. The Labute approximate surface area is 202 Å². The summed E-state index contributed by atoms with van der Waals surface area (Å²) in [6.07, 6.45) is 3.82. The van der Waals surface area contributed by atoms with E-state index in [0.29, 0.717) is 12.8 Å². The number of hydrogen-bond acceptors (Lipinski definition) is 7. The lowest BCUT2D eigenvalue weighted by Crippen LogP contribution is -2.46. The molecular weight excluding hydrogens is 474 g/mol. The van der Waals surface area contributed by atoms with Gasteiger partial charge in [0.05, 0.1) is 4.90 Å². The lowest BCUT2D eigenvalue weighted by Gasteiger charge is -2.36. The van der Waals surface area contributed by atoms with Crippen molar-refractivity contribution in [3.8, 4) is 0 Å². The first-order valence-electron chi connectivity index (χ1n) is 11.4. The summed E-state index contributed by atoms with van der Waals surface area (Å²) >= 11 is 0. The van der Waals surface area contributed by atoms with Crippen LogP contribution in [-0.4, -0.2) is 73.5 Å². The molecule has 1 aliphatic rings. The van der Waals surface area contributed by atoms with E-state index >= 15 is 0 Å². The van der Waals surface area contributed by atoms with Crippen LogP contribution in [0.1, 0.15) is 36.0 Å². The monoisotopic (exact) mass is 507 g/mol. The van der Waals surface area contributed by atoms with Crippen LogP contribution in [0.25, 0.3) is 0 Å². The van der Waals surface area contributed by atoms with Gasteiger partial charge in [-0.05, 0) is 50.7 Å². The van der Waals surface area contributed by atoms with E-state index in [9.17, 15) is 21.6 Å². The number of ketones is 1. The third-order valence-electron chi connectivity index (χ3n) is 6.10. The van der Waals surface area contributed by atoms with Gasteiger partial charge in [-0.2, -0.15) is 0 Å². The van der Waals surface area contributed by atoms with Gasteiger partial charge in [0.2, 0.25) is 10.0 Å². The maximum atomic E-state index is 12.6. The molecule has 0 bridgehead atoms. The van der Waals surface area contributed by atoms with E-state index in [1.54, 1.807) is 0 Å². The number of nitrogens with zero attached hydrogens (tertiary/aromatic N) is 2. The molecule has 2 aromatic rings. The van der Waals surface area contributed by atoms with E-state index in [0.717, 1.165) is 57.9 Å². The number of hydrogen-bond donors (Lipinski definition) is 1. The second-order valence-corrected chi connectivity index (χ2v) is 12.4. The second kappa shape index (κ2) is 11.4. The molecule has 0 unspecified atom stereocenters. The van der Waals surface area contributed by atoms with Crippen LogP contribution in [0.2, 0.25) is 0 Å². The van der Waals surface area contributed by atoms with Gasteiger partial charge in [0, 0.05) is 50.1 Å². The minimum Gasteiger partial charge on any atom is -0.369 e. The van der Waals surface area contributed by atoms with E-state index in [4.69, 9.17) is 0 Å². The van der Waals surface area contributed by atoms with Gasteiger partial charge in [0.25, 0.3) is 0 Å². The quantitative estimate of drug-likeness (QED) is 0.368. The molecule has 0 spiro atoms. The molecule has 1 heterocycles. The summed E-state index contributed by atoms with van der Waals surface area (Å²) in [5.41, 5.74) is 1.47. The number of anilines is 1. The number of carbonyl (C=O) groups excluding carboxylic acids is 1. The van der Waals surface area contributed by atoms with Crippen LogP contribution in [0.15, 0.2) is 58.3 Å². The third kappa shape index (κ3) is 6.88. The van der Waals surface area contributed by atoms with Gasteiger partial charge in [-0.25, -0.2) is 21.6 Å². The van der Waals surface area contributed by atoms with Crippen LogP contribution in [-0.2, 0) is 19.9 Å². The zero-order valence-electron chi connectivity index (χ0n) is 19.7. The van der Waals surface area contributed by atoms with Gasteiger partial charge in [0.1, 0.15) is 4.90 Å². The normalized spacial score (nSPS) is 15.4. The molecule has 1 saturated heterocycles. The van der Waals surface area contributed by atoms with E-state index in [1.165, 1.54) is 24.9 Å². The summed E-state index contributed by atoms with van der Waals surface area (Å²) in [7, 11) is -6.58. The van der Waals surface area contributed by atoms with Crippen molar-refractivity contribution >= 4 is 31.3 Å². The van der Waals surface area contributed by atoms with Crippen molar-refractivity contribution in [3.05, 3.63) is 54.1 Å². The van der Waals surface area contributed by atoms with Crippen molar-refractivity contribution < 1.29 is 21.6 Å². The molecule has 1 N–H and O–H groups in total. The summed E-state index contributed by atoms with van der Waals surface area (Å²) < 4.78 is 50.7. The maximum absolute atomic E-state index is 12.6. The number of Topliss-reactive ketones (excluding diaryl/α,β-unsaturated/α-hetero) is 1. The molecule has 10 heteroatoms. The lowest BCUT2D eigenvalue weighted by molar-refractivity contribution is 0.0978. The Morgan fingerprint density at radius 2 is 1.56 bits per heavy atom. The number of nitrogens with one attached hydrogen (secondary N) is 1. The van der Waals surface area contributed by atoms with Gasteiger partial charge in [0.15, 0.2) is 15.6 Å². The number of para-hydroxylation sites is 1. The van der Waals surface area contributed by atoms with E-state index in [2.05, 4.69) is 38.8 Å². The zero-order valence-corrected chi connectivity index (χ0v) is 21.4. The fourth-order valence-electron chi connectivity index (χ4n) is 4.12. The van der Waals surface area contributed by atoms with Crippen molar-refractivity contribution in [2.45, 2.75) is 35.5 Å². The SMILES string of the molecule is CNS(=O)(=O)c1cc(C(=O)CCCCCN2CCN(c3ccccc3)CC2)ccc1S(C)(=O)=O. The first-order chi connectivity index (χ1) is 16.1. The molecule has 1 fully saturated rings. The summed E-state index contributed by atoms with van der Waals surface area (Å²) in [6, 6.07) is 14.2. The molecule has 0 radical (unpaired) electrons. The predicted molar refractivity (Wildman–Crippen MR) is 134 cm³/mol. The molecule has 186 valence electrons. The Morgan fingerprint density at radius 3 is 2.18 bits per heavy atom. The Morgan fingerprint density at radius 1 is 0.882 bits per heavy atom. The van der Waals surface area contributed by atoms with Crippen molar-refractivity contribution in [1.82, 2.24) is 9.62 Å². The number of unbranched alkanes of at least 4 members (excludes halogenated alkanes) is 2. The van der Waals surface area contributed by atoms with Crippen LogP contribution >= 0.6 is 0 Å². The van der Waals surface area contributed by atoms with E-state index < -0.39 is 24.8 Å². The molecule has 2 aromatic carbocycles. The van der Waals surface area contributed by atoms with Crippen LogP contribution in [0.5, 0.6) is 0 Å². The van der Waals surface area contributed by atoms with Gasteiger partial charge in [-0.3, -0.25) is 9.69 Å². The number of benzene rings is 2. The van der Waals surface area contributed by atoms with Gasteiger partial charge in [-0.1, -0.05) is 30.7 Å². The highest BCUT2D eigenvalue weighted by Gasteiger charge is 2.24. The predicted octanol–water partition coefficient (Wildman–Crippen LogP) is 2.56. The zero-order chi connectivity index (χ0) is 24.8. The smallest absolute Gasteiger partial charge is 0.241 e. The fourth-order valence-corrected chi connectivity index (χ4v) is 6.48. The van der Waals surface area contributed by atoms with Gasteiger partial charge < -0.3 is 4.90 Å². The van der Waals surface area contributed by atoms with Crippen molar-refractivity contribution in [3.63, 3.8) is 0 Å². The number of carbonyl (C=O) groups is 1. The molecule has 0 amide bonds. The molecule has 8 nitrogen and oxygen atoms in total. The van der Waals surface area contributed by atoms with Crippen LogP contribution in [0, 0.1) is 0 Å². The Kier molecular flexibility index (Phi) is 8.86. The Bertz CT molecular complexity index is 1190. The average molecular weight is 508 g/mol. The topological polar surface area (TPSA) is 104 Å². The molecule has 34 heavy (non-hydrogen) atoms. The summed E-state index contributed by atoms with van der Waals surface area (Å²) in [4.78, 5) is 16.8. The van der Waals surface area contributed by atoms with Crippen molar-refractivity contribution in [2.24, 2.45) is 0 Å². The maximum Gasteiger partial charge on any atom is 0.241 e. The first kappa shape index (κ1) is 26.3. The highest BCUT2D eigenvalue weighted by atomic mass is 32.2. The molecular formula is C24H33N3O5S2. The van der Waals surface area contributed by atoms with E-state index in [-0.39, 0.29) is 16.2 Å². The number of piperazine rings is 1. The largest absolute Gasteiger partial charge is 0.369 e. The summed E-state index contributed by atoms with van der Waals surface area (Å²) in [5.74, 6) is -0.191. The number of sulfonamides is 1. The van der Waals surface area contributed by atoms with Crippen LogP contribution in [0.3, 0.4) is 0 Å². The molecule has 1 aliphatic heterocycles. The molecule has 0 aromatic heterocycles. The molecule has 0 saturated carbocycles. The summed E-state index contributed by atoms with van der Waals surface area (Å²) in [6.45, 7) is 5.03. The first-order valence-corrected chi connectivity index (χ1v) is 14.8. The Hall–Kier alpha value is -2.27. The van der Waals surface area contributed by atoms with Gasteiger partial charge >= 0.3 is 0 Å². The molecule has 0 aliphatic carbocycles. The van der Waals surface area contributed by atoms with Crippen LogP contribution < -0.4 is 9.62 Å². The third-order valence-corrected chi connectivity index (χ3v) is 8.83. The number of sulfone groups is 1. The minimum absolute atomic E-state index is 0.191. The molecule has 3 rings (SSSR count). The lowest BCUT2D eigenvalue weighted by atomic mass is 10.0. The highest BCUT2D eigenvalue weighted by Crippen LogP contribution is 2.23. The van der Waals surface area contributed by atoms with Gasteiger partial charge in [-0.15, -0.1) is 0 Å². The summed E-state index contributed by atoms with van der Waals surface area (Å²) in [5, 5.41) is 0. The van der Waals surface area contributed by atoms with E-state index in [1.807, 2.05) is 6.07 Å². The molecule has 0 atom stereocenters. The minimum atomic E-state index is -4.02. The second-order valence-electron chi connectivity index (χ2n) is 8.54. The highest BCUT2D eigenvalue weighted by molar-refractivity contribution is 7.93. The van der Waals surface area contributed by atoms with Crippen molar-refractivity contribution in [2.75, 3.05) is 50.9 Å². The standard InChI is InChI=1S/C24H33N3O5S2/c1-25-34(31,32)24-19-20(12-13-23(24)33(2,29)30)22(28)11-7-4-8-14-26-15-17-27(18-16-26)21-9-5-3-6-10-21/h3,5-6,9-10,12-13,19,25H,4,7-8,11,14-18H2,1-2H3. The van der Waals surface area contributed by atoms with Crippen molar-refractivity contribution in [1.29, 1.82) is 0 Å². The Balaban J connectivity index is 1.46. The average Bonchev–Trinajstić information content (AvgIpc) is 2.83. The fraction of sp³-hybridized carbons (Fsp3) is 0.458.